The molecular weight excluding hydrogens is 276 g/mol. The molecule has 1 aromatic carbocycles. The first-order chi connectivity index (χ1) is 9.62. The van der Waals surface area contributed by atoms with E-state index < -0.39 is 10.0 Å². The molecule has 0 spiro atoms. The second-order valence-corrected chi connectivity index (χ2v) is 5.80. The first-order valence-corrected chi connectivity index (χ1v) is 7.68. The average Bonchev–Trinajstić information content (AvgIpc) is 2.46. The van der Waals surface area contributed by atoms with Gasteiger partial charge in [-0.3, -0.25) is 9.71 Å². The van der Waals surface area contributed by atoms with Gasteiger partial charge in [-0.1, -0.05) is 19.1 Å². The van der Waals surface area contributed by atoms with Gasteiger partial charge in [-0.2, -0.15) is 0 Å². The fourth-order valence-electron chi connectivity index (χ4n) is 1.60. The van der Waals surface area contributed by atoms with Gasteiger partial charge in [-0.05, 0) is 24.2 Å². The number of benzene rings is 1. The summed E-state index contributed by atoms with van der Waals surface area (Å²) in [6.07, 6.45) is 4.27. The lowest BCUT2D eigenvalue weighted by Crippen LogP contribution is -2.15. The summed E-state index contributed by atoms with van der Waals surface area (Å²) in [4.78, 5) is 7.89. The van der Waals surface area contributed by atoms with Crippen molar-refractivity contribution >= 4 is 15.8 Å². The van der Waals surface area contributed by atoms with Gasteiger partial charge in [0.1, 0.15) is 0 Å². The van der Waals surface area contributed by atoms with Crippen molar-refractivity contribution in [1.29, 1.82) is 0 Å². The minimum absolute atomic E-state index is 0.198. The molecule has 0 atom stereocenters. The van der Waals surface area contributed by atoms with Gasteiger partial charge in [-0.15, -0.1) is 0 Å². The number of anilines is 1. The molecular formula is C13H16N4O2S. The van der Waals surface area contributed by atoms with Gasteiger partial charge in [0.25, 0.3) is 10.0 Å². The third-order valence-corrected chi connectivity index (χ3v) is 3.99. The van der Waals surface area contributed by atoms with E-state index in [9.17, 15) is 8.42 Å². The fraction of sp³-hybridized carbons (Fsp3) is 0.231. The Hall–Kier alpha value is -1.99. The maximum absolute atomic E-state index is 12.1. The van der Waals surface area contributed by atoms with Gasteiger partial charge in [0.2, 0.25) is 0 Å². The van der Waals surface area contributed by atoms with Crippen molar-refractivity contribution in [2.24, 2.45) is 0 Å². The van der Waals surface area contributed by atoms with Gasteiger partial charge >= 0.3 is 0 Å². The van der Waals surface area contributed by atoms with Crippen LogP contribution in [0.5, 0.6) is 0 Å². The normalized spacial score (nSPS) is 11.2. The highest BCUT2D eigenvalue weighted by atomic mass is 32.2. The van der Waals surface area contributed by atoms with Crippen molar-refractivity contribution < 1.29 is 8.42 Å². The molecule has 0 saturated carbocycles. The summed E-state index contributed by atoms with van der Waals surface area (Å²) in [7, 11) is -3.62. The third kappa shape index (κ3) is 3.75. The molecule has 2 rings (SSSR count). The molecule has 0 bridgehead atoms. The standard InChI is InChI=1S/C13H16N4O2S/c1-2-14-9-11-3-5-12(6-4-11)20(18,19)17-13-10-15-7-8-16-13/h3-8,10,14H,2,9H2,1H3,(H,16,17). The second kappa shape index (κ2) is 6.44. The summed E-state index contributed by atoms with van der Waals surface area (Å²) in [5.74, 6) is 0.198. The van der Waals surface area contributed by atoms with Crippen LogP contribution in [0.1, 0.15) is 12.5 Å². The molecule has 0 saturated heterocycles. The van der Waals surface area contributed by atoms with E-state index in [1.165, 1.54) is 18.6 Å². The molecule has 0 radical (unpaired) electrons. The van der Waals surface area contributed by atoms with Crippen LogP contribution in [0.4, 0.5) is 5.82 Å². The zero-order valence-corrected chi connectivity index (χ0v) is 11.9. The summed E-state index contributed by atoms with van der Waals surface area (Å²) in [5.41, 5.74) is 1.03. The molecule has 0 amide bonds. The van der Waals surface area contributed by atoms with Gasteiger partial charge in [0.05, 0.1) is 11.1 Å². The van der Waals surface area contributed by atoms with E-state index in [0.717, 1.165) is 12.1 Å². The molecule has 0 aliphatic rings. The van der Waals surface area contributed by atoms with Gasteiger partial charge < -0.3 is 5.32 Å². The summed E-state index contributed by atoms with van der Waals surface area (Å²) >= 11 is 0. The Morgan fingerprint density at radius 2 is 1.90 bits per heavy atom. The summed E-state index contributed by atoms with van der Waals surface area (Å²) in [6.45, 7) is 3.60. The molecule has 1 heterocycles. The molecule has 6 nitrogen and oxygen atoms in total. The lowest BCUT2D eigenvalue weighted by atomic mass is 10.2. The van der Waals surface area contributed by atoms with Crippen LogP contribution in [-0.4, -0.2) is 24.9 Å². The Kier molecular flexibility index (Phi) is 4.65. The topological polar surface area (TPSA) is 84.0 Å². The molecule has 0 aliphatic heterocycles. The van der Waals surface area contributed by atoms with E-state index in [4.69, 9.17) is 0 Å². The Morgan fingerprint density at radius 1 is 1.15 bits per heavy atom. The van der Waals surface area contributed by atoms with Crippen molar-refractivity contribution in [3.63, 3.8) is 0 Å². The Balaban J connectivity index is 2.13. The van der Waals surface area contributed by atoms with E-state index in [1.807, 2.05) is 6.92 Å². The first-order valence-electron chi connectivity index (χ1n) is 6.20. The van der Waals surface area contributed by atoms with Crippen LogP contribution in [-0.2, 0) is 16.6 Å². The Morgan fingerprint density at radius 3 is 2.50 bits per heavy atom. The molecule has 1 aromatic heterocycles. The van der Waals surface area contributed by atoms with E-state index in [2.05, 4.69) is 20.0 Å². The Labute approximate surface area is 118 Å². The van der Waals surface area contributed by atoms with Crippen molar-refractivity contribution in [2.45, 2.75) is 18.4 Å². The van der Waals surface area contributed by atoms with Crippen molar-refractivity contribution in [1.82, 2.24) is 15.3 Å². The van der Waals surface area contributed by atoms with Crippen LogP contribution in [0.2, 0.25) is 0 Å². The second-order valence-electron chi connectivity index (χ2n) is 4.12. The summed E-state index contributed by atoms with van der Waals surface area (Å²) in [6, 6.07) is 6.72. The van der Waals surface area contributed by atoms with E-state index >= 15 is 0 Å². The van der Waals surface area contributed by atoms with E-state index in [1.54, 1.807) is 24.3 Å². The van der Waals surface area contributed by atoms with Gasteiger partial charge in [0.15, 0.2) is 5.82 Å². The molecule has 2 N–H and O–H groups in total. The molecule has 2 aromatic rings. The fourth-order valence-corrected chi connectivity index (χ4v) is 2.60. The van der Waals surface area contributed by atoms with Crippen LogP contribution < -0.4 is 10.0 Å². The summed E-state index contributed by atoms with van der Waals surface area (Å²) < 4.78 is 26.6. The molecule has 106 valence electrons. The molecule has 0 aliphatic carbocycles. The lowest BCUT2D eigenvalue weighted by molar-refractivity contribution is 0.601. The average molecular weight is 292 g/mol. The Bertz CT molecular complexity index is 642. The SMILES string of the molecule is CCNCc1ccc(S(=O)(=O)Nc2cnccn2)cc1. The number of sulfonamides is 1. The number of aromatic nitrogens is 2. The minimum Gasteiger partial charge on any atom is -0.313 e. The number of nitrogens with one attached hydrogen (secondary N) is 2. The van der Waals surface area contributed by atoms with E-state index in [0.29, 0.717) is 6.54 Å². The largest absolute Gasteiger partial charge is 0.313 e. The van der Waals surface area contributed by atoms with Crippen LogP contribution in [0.3, 0.4) is 0 Å². The monoisotopic (exact) mass is 292 g/mol. The van der Waals surface area contributed by atoms with Crippen LogP contribution >= 0.6 is 0 Å². The van der Waals surface area contributed by atoms with Crippen molar-refractivity contribution in [3.8, 4) is 0 Å². The van der Waals surface area contributed by atoms with Crippen LogP contribution in [0.25, 0.3) is 0 Å². The number of rotatable bonds is 6. The number of hydrogen-bond acceptors (Lipinski definition) is 5. The van der Waals surface area contributed by atoms with Gasteiger partial charge in [0, 0.05) is 18.9 Å². The van der Waals surface area contributed by atoms with Crippen molar-refractivity contribution in [2.75, 3.05) is 11.3 Å². The molecule has 0 fully saturated rings. The third-order valence-electron chi connectivity index (χ3n) is 2.61. The first kappa shape index (κ1) is 14.4. The highest BCUT2D eigenvalue weighted by molar-refractivity contribution is 7.92. The molecule has 20 heavy (non-hydrogen) atoms. The van der Waals surface area contributed by atoms with Crippen LogP contribution in [0, 0.1) is 0 Å². The maximum Gasteiger partial charge on any atom is 0.263 e. The zero-order chi connectivity index (χ0) is 14.4. The predicted molar refractivity (Wildman–Crippen MR) is 76.7 cm³/mol. The minimum atomic E-state index is -3.62. The highest BCUT2D eigenvalue weighted by Crippen LogP contribution is 2.14. The number of nitrogens with zero attached hydrogens (tertiary/aromatic N) is 2. The zero-order valence-electron chi connectivity index (χ0n) is 11.1. The smallest absolute Gasteiger partial charge is 0.263 e. The van der Waals surface area contributed by atoms with Crippen LogP contribution in [0.15, 0.2) is 47.8 Å². The van der Waals surface area contributed by atoms with Gasteiger partial charge in [-0.25, -0.2) is 13.4 Å². The summed E-state index contributed by atoms with van der Waals surface area (Å²) in [5, 5.41) is 3.18. The van der Waals surface area contributed by atoms with Crippen molar-refractivity contribution in [3.05, 3.63) is 48.4 Å². The molecule has 7 heteroatoms. The quantitative estimate of drug-likeness (QED) is 0.840. The predicted octanol–water partition coefficient (Wildman–Crippen LogP) is 1.39. The molecule has 0 unspecified atom stereocenters. The number of hydrogen-bond donors (Lipinski definition) is 2. The highest BCUT2D eigenvalue weighted by Gasteiger charge is 2.14. The van der Waals surface area contributed by atoms with E-state index in [-0.39, 0.29) is 10.7 Å². The maximum atomic E-state index is 12.1. The lowest BCUT2D eigenvalue weighted by Gasteiger charge is -2.08.